The second kappa shape index (κ2) is 15.6. The SMILES string of the molecule is CCCC(=O)OC1CCC(C(C)(C(=O)C(C)(C2CCCCC2)C2CCC(OC(=O)CCC)CC2)C2CCCCC2)CC1. The number of hydrogen-bond donors (Lipinski definition) is 0. The lowest BCUT2D eigenvalue weighted by Gasteiger charge is -2.55. The molecular weight excluding hydrogens is 524 g/mol. The maximum absolute atomic E-state index is 15.6. The predicted octanol–water partition coefficient (Wildman–Crippen LogP) is 9.53. The van der Waals surface area contributed by atoms with Crippen LogP contribution in [0.4, 0.5) is 0 Å². The van der Waals surface area contributed by atoms with Crippen molar-refractivity contribution < 1.29 is 23.9 Å². The van der Waals surface area contributed by atoms with Crippen molar-refractivity contribution in [1.29, 1.82) is 0 Å². The van der Waals surface area contributed by atoms with Crippen LogP contribution in [0.25, 0.3) is 0 Å². The highest BCUT2D eigenvalue weighted by atomic mass is 16.5. The molecule has 0 aromatic carbocycles. The Morgan fingerprint density at radius 3 is 1.12 bits per heavy atom. The van der Waals surface area contributed by atoms with Crippen LogP contribution in [0.5, 0.6) is 0 Å². The number of carbonyl (C=O) groups excluding carboxylic acids is 3. The summed E-state index contributed by atoms with van der Waals surface area (Å²) in [4.78, 5) is 40.1. The maximum atomic E-state index is 15.6. The number of carbonyl (C=O) groups is 3. The van der Waals surface area contributed by atoms with Gasteiger partial charge in [0.05, 0.1) is 0 Å². The number of hydrogen-bond acceptors (Lipinski definition) is 5. The number of ketones is 1. The summed E-state index contributed by atoms with van der Waals surface area (Å²) in [6.45, 7) is 8.82. The molecule has 4 saturated carbocycles. The van der Waals surface area contributed by atoms with Crippen molar-refractivity contribution in [3.05, 3.63) is 0 Å². The lowest BCUT2D eigenvalue weighted by Crippen LogP contribution is -2.56. The van der Waals surface area contributed by atoms with Crippen molar-refractivity contribution in [3.63, 3.8) is 0 Å². The molecule has 0 N–H and O–H groups in total. The zero-order chi connectivity index (χ0) is 30.2. The van der Waals surface area contributed by atoms with Gasteiger partial charge in [-0.3, -0.25) is 14.4 Å². The zero-order valence-electron chi connectivity index (χ0n) is 27.6. The van der Waals surface area contributed by atoms with Crippen molar-refractivity contribution in [2.24, 2.45) is 34.5 Å². The normalized spacial score (nSPS) is 31.0. The molecule has 0 bridgehead atoms. The predicted molar refractivity (Wildman–Crippen MR) is 168 cm³/mol. The second-order valence-corrected chi connectivity index (χ2v) is 15.0. The average molecular weight is 587 g/mol. The van der Waals surface area contributed by atoms with E-state index < -0.39 is 0 Å². The van der Waals surface area contributed by atoms with Crippen molar-refractivity contribution >= 4 is 17.7 Å². The van der Waals surface area contributed by atoms with Crippen LogP contribution in [0.3, 0.4) is 0 Å². The van der Waals surface area contributed by atoms with Gasteiger partial charge < -0.3 is 9.47 Å². The van der Waals surface area contributed by atoms with Gasteiger partial charge in [0.1, 0.15) is 18.0 Å². The minimum atomic E-state index is -0.324. The third-order valence-electron chi connectivity index (χ3n) is 12.4. The lowest BCUT2D eigenvalue weighted by atomic mass is 9.48. The van der Waals surface area contributed by atoms with Crippen LogP contribution in [0, 0.1) is 34.5 Å². The van der Waals surface area contributed by atoms with Gasteiger partial charge in [-0.05, 0) is 114 Å². The summed E-state index contributed by atoms with van der Waals surface area (Å²) < 4.78 is 11.7. The van der Waals surface area contributed by atoms with E-state index >= 15 is 4.79 Å². The van der Waals surface area contributed by atoms with E-state index in [0.29, 0.717) is 42.3 Å². The molecule has 4 aliphatic carbocycles. The van der Waals surface area contributed by atoms with Gasteiger partial charge in [0, 0.05) is 23.7 Å². The van der Waals surface area contributed by atoms with E-state index in [1.54, 1.807) is 0 Å². The van der Waals surface area contributed by atoms with Crippen molar-refractivity contribution in [2.75, 3.05) is 0 Å². The van der Waals surface area contributed by atoms with Crippen LogP contribution < -0.4 is 0 Å². The van der Waals surface area contributed by atoms with E-state index in [1.165, 1.54) is 64.2 Å². The van der Waals surface area contributed by atoms with Crippen molar-refractivity contribution in [1.82, 2.24) is 0 Å². The van der Waals surface area contributed by atoms with E-state index in [9.17, 15) is 9.59 Å². The molecule has 0 saturated heterocycles. The van der Waals surface area contributed by atoms with Crippen LogP contribution in [-0.2, 0) is 23.9 Å². The summed E-state index contributed by atoms with van der Waals surface area (Å²) in [6, 6.07) is 0. The summed E-state index contributed by atoms with van der Waals surface area (Å²) in [6.07, 6.45) is 22.5. The number of Topliss-reactive ketones (excluding diaryl/α,β-unsaturated/α-hetero) is 1. The van der Waals surface area contributed by atoms with Gasteiger partial charge in [0.15, 0.2) is 0 Å². The molecule has 2 atom stereocenters. The first-order chi connectivity index (χ1) is 20.2. The molecule has 4 fully saturated rings. The molecule has 5 heteroatoms. The molecule has 0 heterocycles. The average Bonchev–Trinajstić information content (AvgIpc) is 3.01. The maximum Gasteiger partial charge on any atom is 0.306 e. The number of esters is 2. The molecule has 0 aromatic heterocycles. The quantitative estimate of drug-likeness (QED) is 0.213. The summed E-state index contributed by atoms with van der Waals surface area (Å²) >= 11 is 0. The van der Waals surface area contributed by atoms with Gasteiger partial charge in [-0.2, -0.15) is 0 Å². The first-order valence-corrected chi connectivity index (χ1v) is 18.2. The minimum Gasteiger partial charge on any atom is -0.462 e. The van der Waals surface area contributed by atoms with Crippen LogP contribution in [-0.4, -0.2) is 29.9 Å². The Morgan fingerprint density at radius 1 is 0.500 bits per heavy atom. The Hall–Kier alpha value is -1.39. The van der Waals surface area contributed by atoms with Crippen molar-refractivity contribution in [3.8, 4) is 0 Å². The van der Waals surface area contributed by atoms with Gasteiger partial charge in [-0.1, -0.05) is 66.2 Å². The second-order valence-electron chi connectivity index (χ2n) is 15.0. The number of ether oxygens (including phenoxy) is 2. The van der Waals surface area contributed by atoms with Gasteiger partial charge >= 0.3 is 11.9 Å². The lowest BCUT2D eigenvalue weighted by molar-refractivity contribution is -0.163. The molecule has 5 nitrogen and oxygen atoms in total. The number of rotatable bonds is 12. The molecule has 42 heavy (non-hydrogen) atoms. The fraction of sp³-hybridized carbons (Fsp3) is 0.919. The molecule has 0 spiro atoms. The van der Waals surface area contributed by atoms with Crippen molar-refractivity contribution in [2.45, 2.75) is 181 Å². The summed E-state index contributed by atoms with van der Waals surface area (Å²) in [5.41, 5.74) is -0.648. The van der Waals surface area contributed by atoms with E-state index in [4.69, 9.17) is 9.47 Å². The molecule has 0 amide bonds. The summed E-state index contributed by atoms with van der Waals surface area (Å²) in [5, 5.41) is 0. The Balaban J connectivity index is 1.57. The van der Waals surface area contributed by atoms with Gasteiger partial charge in [0.2, 0.25) is 0 Å². The largest absolute Gasteiger partial charge is 0.462 e. The smallest absolute Gasteiger partial charge is 0.306 e. The fourth-order valence-corrected chi connectivity index (χ4v) is 9.85. The standard InChI is InChI=1S/C37H62O5/c1-5-13-33(38)41-31-23-19-29(20-24-31)36(3,27-15-9-7-10-16-27)35(40)37(4,28-17-11-8-12-18-28)30-21-25-32(26-22-30)42-34(39)14-6-2/h27-32H,5-26H2,1-4H3. The van der Waals surface area contributed by atoms with Crippen LogP contribution >= 0.6 is 0 Å². The van der Waals surface area contributed by atoms with Gasteiger partial charge in [-0.25, -0.2) is 0 Å². The molecule has 0 aliphatic heterocycles. The first-order valence-electron chi connectivity index (χ1n) is 18.2. The highest BCUT2D eigenvalue weighted by Gasteiger charge is 2.58. The third kappa shape index (κ3) is 7.63. The minimum absolute atomic E-state index is 0.0152. The molecule has 2 unspecified atom stereocenters. The van der Waals surface area contributed by atoms with E-state index in [-0.39, 0.29) is 35.0 Å². The Labute approximate surface area is 257 Å². The molecular formula is C37H62O5. The third-order valence-corrected chi connectivity index (χ3v) is 12.4. The molecule has 240 valence electrons. The first kappa shape index (κ1) is 33.5. The highest BCUT2D eigenvalue weighted by Crippen LogP contribution is 2.58. The van der Waals surface area contributed by atoms with Gasteiger partial charge in [-0.15, -0.1) is 0 Å². The van der Waals surface area contributed by atoms with Crippen LogP contribution in [0.1, 0.15) is 169 Å². The van der Waals surface area contributed by atoms with Gasteiger partial charge in [0.25, 0.3) is 0 Å². The fourth-order valence-electron chi connectivity index (χ4n) is 9.85. The van der Waals surface area contributed by atoms with Crippen LogP contribution in [0.15, 0.2) is 0 Å². The molecule has 0 radical (unpaired) electrons. The Bertz CT molecular complexity index is 801. The Morgan fingerprint density at radius 2 is 0.810 bits per heavy atom. The van der Waals surface area contributed by atoms with E-state index in [1.807, 2.05) is 13.8 Å². The highest BCUT2D eigenvalue weighted by molar-refractivity contribution is 5.91. The molecule has 0 aromatic rings. The molecule has 4 rings (SSSR count). The Kier molecular flexibility index (Phi) is 12.4. The summed E-state index contributed by atoms with van der Waals surface area (Å²) in [5.74, 6) is 2.09. The summed E-state index contributed by atoms with van der Waals surface area (Å²) in [7, 11) is 0. The molecule has 4 aliphatic rings. The van der Waals surface area contributed by atoms with E-state index in [0.717, 1.165) is 64.2 Å². The van der Waals surface area contributed by atoms with E-state index in [2.05, 4.69) is 13.8 Å². The zero-order valence-corrected chi connectivity index (χ0v) is 27.6. The monoisotopic (exact) mass is 586 g/mol. The topological polar surface area (TPSA) is 69.7 Å². The van der Waals surface area contributed by atoms with Crippen LogP contribution in [0.2, 0.25) is 0 Å².